The van der Waals surface area contributed by atoms with E-state index < -0.39 is 12.2 Å². The van der Waals surface area contributed by atoms with Gasteiger partial charge >= 0.3 is 5.97 Å². The van der Waals surface area contributed by atoms with Gasteiger partial charge in [-0.3, -0.25) is 14.5 Å². The Hall–Kier alpha value is -3.37. The van der Waals surface area contributed by atoms with E-state index in [-0.39, 0.29) is 36.1 Å². The first kappa shape index (κ1) is 26.7. The number of thioether (sulfide) groups is 1. The normalized spacial score (nSPS) is 14.2. The average Bonchev–Trinajstić information content (AvgIpc) is 3.03. The molecule has 4 rings (SSSR count). The molecule has 1 aliphatic heterocycles. The number of halogens is 1. The summed E-state index contributed by atoms with van der Waals surface area (Å²) in [6, 6.07) is 10.5. The zero-order valence-corrected chi connectivity index (χ0v) is 22.6. The van der Waals surface area contributed by atoms with Gasteiger partial charge in [-0.1, -0.05) is 55.4 Å². The summed E-state index contributed by atoms with van der Waals surface area (Å²) in [4.78, 5) is 32.3. The third-order valence-corrected chi connectivity index (χ3v) is 6.39. The summed E-state index contributed by atoms with van der Waals surface area (Å²) in [7, 11) is 1.45. The molecule has 1 aromatic heterocycles. The fourth-order valence-electron chi connectivity index (χ4n) is 4.01. The average molecular weight is 543 g/mol. The van der Waals surface area contributed by atoms with E-state index in [9.17, 15) is 9.59 Å². The van der Waals surface area contributed by atoms with Gasteiger partial charge in [0.1, 0.15) is 0 Å². The largest absolute Gasteiger partial charge is 0.493 e. The molecule has 11 heteroatoms. The number of carbonyl (C=O) groups is 2. The highest BCUT2D eigenvalue weighted by Crippen LogP contribution is 2.47. The number of ether oxygens (including phenoxy) is 3. The van der Waals surface area contributed by atoms with Crippen molar-refractivity contribution in [3.8, 4) is 28.6 Å². The highest BCUT2D eigenvalue weighted by molar-refractivity contribution is 7.98. The number of aromatic nitrogens is 3. The van der Waals surface area contributed by atoms with Gasteiger partial charge in [-0.2, -0.15) is 4.98 Å². The lowest BCUT2D eigenvalue weighted by Gasteiger charge is -2.32. The van der Waals surface area contributed by atoms with Gasteiger partial charge < -0.3 is 14.2 Å². The summed E-state index contributed by atoms with van der Waals surface area (Å²) in [5.74, 6) is -0.0950. The van der Waals surface area contributed by atoms with Gasteiger partial charge in [0.25, 0.3) is 0 Å². The third-order valence-electron chi connectivity index (χ3n) is 5.63. The molecule has 0 aliphatic carbocycles. The minimum absolute atomic E-state index is 0.123. The van der Waals surface area contributed by atoms with Crippen molar-refractivity contribution in [1.82, 2.24) is 15.2 Å². The second-order valence-corrected chi connectivity index (χ2v) is 9.41. The Morgan fingerprint density at radius 2 is 1.89 bits per heavy atom. The predicted molar refractivity (Wildman–Crippen MR) is 141 cm³/mol. The maximum Gasteiger partial charge on any atom is 0.311 e. The summed E-state index contributed by atoms with van der Waals surface area (Å²) in [6.45, 7) is 3.80. The highest BCUT2D eigenvalue weighted by atomic mass is 35.5. The molecule has 0 bridgehead atoms. The first-order valence-electron chi connectivity index (χ1n) is 11.9. The van der Waals surface area contributed by atoms with E-state index in [0.717, 1.165) is 0 Å². The van der Waals surface area contributed by atoms with Crippen molar-refractivity contribution < 1.29 is 23.8 Å². The van der Waals surface area contributed by atoms with E-state index >= 15 is 0 Å². The summed E-state index contributed by atoms with van der Waals surface area (Å²) in [5.41, 5.74) is 1.92. The standard InChI is InChI=1S/C26H27ClN4O5S/c1-5-9-20(32)31-18-12-8-7-11-16(18)22-24(28-26(37-4)30-29-22)36-25(31)17-13-15(27)14-19(34-3)23(17)35-21(33)10-6-2/h7-8,11-14,25H,5-6,9-10H2,1-4H3/t25-/m1/s1. The Kier molecular flexibility index (Phi) is 8.50. The zero-order chi connectivity index (χ0) is 26.5. The number of rotatable bonds is 8. The smallest absolute Gasteiger partial charge is 0.311 e. The molecule has 3 aromatic rings. The van der Waals surface area contributed by atoms with Gasteiger partial charge in [-0.05, 0) is 31.2 Å². The highest BCUT2D eigenvalue weighted by Gasteiger charge is 2.38. The molecule has 1 atom stereocenters. The van der Waals surface area contributed by atoms with Gasteiger partial charge in [0, 0.05) is 29.5 Å². The van der Waals surface area contributed by atoms with Gasteiger partial charge in [0.2, 0.25) is 23.2 Å². The SMILES string of the molecule is CCCC(=O)Oc1c(OC)cc(Cl)cc1[C@H]1Oc2nc(SC)nnc2-c2ccccc2N1C(=O)CCC. The lowest BCUT2D eigenvalue weighted by molar-refractivity contribution is -0.134. The maximum atomic E-state index is 13.7. The van der Waals surface area contributed by atoms with Crippen molar-refractivity contribution in [2.75, 3.05) is 18.3 Å². The fourth-order valence-corrected chi connectivity index (χ4v) is 4.52. The molecular weight excluding hydrogens is 516 g/mol. The van der Waals surface area contributed by atoms with Crippen LogP contribution in [0.2, 0.25) is 5.02 Å². The molecule has 2 aromatic carbocycles. The molecule has 194 valence electrons. The van der Waals surface area contributed by atoms with Gasteiger partial charge in [0.05, 0.1) is 18.4 Å². The third kappa shape index (κ3) is 5.50. The van der Waals surface area contributed by atoms with Crippen molar-refractivity contribution in [2.45, 2.75) is 50.9 Å². The molecule has 0 N–H and O–H groups in total. The maximum absolute atomic E-state index is 13.7. The van der Waals surface area contributed by atoms with Crippen LogP contribution in [-0.2, 0) is 9.59 Å². The van der Waals surface area contributed by atoms with E-state index in [1.54, 1.807) is 12.1 Å². The lowest BCUT2D eigenvalue weighted by atomic mass is 10.1. The number of carbonyl (C=O) groups excluding carboxylic acids is 2. The predicted octanol–water partition coefficient (Wildman–Crippen LogP) is 5.85. The number of hydrogen-bond donors (Lipinski definition) is 0. The molecule has 37 heavy (non-hydrogen) atoms. The number of para-hydroxylation sites is 1. The van der Waals surface area contributed by atoms with Gasteiger partial charge in [-0.15, -0.1) is 10.2 Å². The van der Waals surface area contributed by atoms with Crippen LogP contribution in [0.4, 0.5) is 5.69 Å². The Bertz CT molecular complexity index is 1320. The number of fused-ring (bicyclic) bond motifs is 3. The quantitative estimate of drug-likeness (QED) is 0.197. The van der Waals surface area contributed by atoms with Crippen LogP contribution >= 0.6 is 23.4 Å². The minimum atomic E-state index is -1.09. The number of amides is 1. The van der Waals surface area contributed by atoms with E-state index in [4.69, 9.17) is 25.8 Å². The summed E-state index contributed by atoms with van der Waals surface area (Å²) >= 11 is 7.79. The molecule has 0 fully saturated rings. The molecule has 2 heterocycles. The van der Waals surface area contributed by atoms with Crippen molar-refractivity contribution in [3.05, 3.63) is 47.0 Å². The molecular formula is C26H27ClN4O5S. The Labute approximate surface area is 224 Å². The molecule has 0 unspecified atom stereocenters. The molecule has 1 amide bonds. The summed E-state index contributed by atoms with van der Waals surface area (Å²) in [6.07, 6.45) is 2.41. The lowest BCUT2D eigenvalue weighted by Crippen LogP contribution is -2.38. The fraction of sp³-hybridized carbons (Fsp3) is 0.346. The molecule has 0 saturated carbocycles. The van der Waals surface area contributed by atoms with Crippen molar-refractivity contribution in [2.24, 2.45) is 0 Å². The van der Waals surface area contributed by atoms with Crippen LogP contribution in [0.5, 0.6) is 17.4 Å². The topological polar surface area (TPSA) is 104 Å². The van der Waals surface area contributed by atoms with Crippen molar-refractivity contribution in [3.63, 3.8) is 0 Å². The van der Waals surface area contributed by atoms with Crippen LogP contribution in [0.3, 0.4) is 0 Å². The molecule has 0 spiro atoms. The van der Waals surface area contributed by atoms with Crippen LogP contribution in [0, 0.1) is 0 Å². The number of esters is 1. The molecule has 1 aliphatic rings. The monoisotopic (exact) mass is 542 g/mol. The first-order chi connectivity index (χ1) is 17.9. The molecule has 0 saturated heterocycles. The molecule has 0 radical (unpaired) electrons. The Morgan fingerprint density at radius 1 is 1.14 bits per heavy atom. The number of methoxy groups -OCH3 is 1. The summed E-state index contributed by atoms with van der Waals surface area (Å²) in [5, 5.41) is 9.28. The van der Waals surface area contributed by atoms with Crippen LogP contribution in [-0.4, -0.2) is 40.4 Å². The van der Waals surface area contributed by atoms with Crippen LogP contribution in [0.25, 0.3) is 11.3 Å². The number of nitrogens with zero attached hydrogens (tertiary/aromatic N) is 4. The first-order valence-corrected chi connectivity index (χ1v) is 13.5. The van der Waals surface area contributed by atoms with Crippen molar-refractivity contribution in [1.29, 1.82) is 0 Å². The summed E-state index contributed by atoms with van der Waals surface area (Å²) < 4.78 is 17.8. The number of anilines is 1. The van der Waals surface area contributed by atoms with Crippen LogP contribution in [0.1, 0.15) is 51.3 Å². The van der Waals surface area contributed by atoms with Crippen LogP contribution < -0.4 is 19.1 Å². The van der Waals surface area contributed by atoms with E-state index in [0.29, 0.717) is 45.5 Å². The molecule has 9 nitrogen and oxygen atoms in total. The van der Waals surface area contributed by atoms with Crippen LogP contribution in [0.15, 0.2) is 41.6 Å². The van der Waals surface area contributed by atoms with Gasteiger partial charge in [0.15, 0.2) is 17.2 Å². The number of benzene rings is 2. The van der Waals surface area contributed by atoms with Crippen molar-refractivity contribution >= 4 is 40.9 Å². The van der Waals surface area contributed by atoms with E-state index in [2.05, 4.69) is 15.2 Å². The zero-order valence-electron chi connectivity index (χ0n) is 21.0. The van der Waals surface area contributed by atoms with E-state index in [1.807, 2.05) is 44.4 Å². The second-order valence-electron chi connectivity index (χ2n) is 8.20. The second kappa shape index (κ2) is 11.8. The van der Waals surface area contributed by atoms with Gasteiger partial charge in [-0.25, -0.2) is 0 Å². The minimum Gasteiger partial charge on any atom is -0.493 e. The Balaban J connectivity index is 2.00. The van der Waals surface area contributed by atoms with E-state index in [1.165, 1.54) is 23.8 Å². The Morgan fingerprint density at radius 3 is 2.59 bits per heavy atom. The number of hydrogen-bond acceptors (Lipinski definition) is 9.